The second kappa shape index (κ2) is 7.52. The van der Waals surface area contributed by atoms with Gasteiger partial charge in [0.2, 0.25) is 5.95 Å². The van der Waals surface area contributed by atoms with Gasteiger partial charge in [-0.05, 0) is 25.3 Å². The SMILES string of the molecule is Cc1nc(NCCCc2ccccc2)nc(-c2ncc[nH]2)c1[N+](=O)[O-]. The smallest absolute Gasteiger partial charge is 0.319 e. The van der Waals surface area contributed by atoms with Crippen LogP contribution in [0.2, 0.25) is 0 Å². The van der Waals surface area contributed by atoms with Crippen LogP contribution in [0.5, 0.6) is 0 Å². The zero-order valence-corrected chi connectivity index (χ0v) is 13.8. The highest BCUT2D eigenvalue weighted by atomic mass is 16.6. The van der Waals surface area contributed by atoms with Gasteiger partial charge in [0.1, 0.15) is 5.69 Å². The van der Waals surface area contributed by atoms with Gasteiger partial charge in [-0.3, -0.25) is 10.1 Å². The van der Waals surface area contributed by atoms with Gasteiger partial charge >= 0.3 is 5.69 Å². The number of nitrogens with zero attached hydrogens (tertiary/aromatic N) is 4. The maximum absolute atomic E-state index is 11.3. The van der Waals surface area contributed by atoms with Gasteiger partial charge in [-0.2, -0.15) is 0 Å². The summed E-state index contributed by atoms with van der Waals surface area (Å²) >= 11 is 0. The molecular formula is C17H18N6O2. The van der Waals surface area contributed by atoms with Crippen molar-refractivity contribution in [1.82, 2.24) is 19.9 Å². The Bertz CT molecular complexity index is 849. The third kappa shape index (κ3) is 3.97. The Morgan fingerprint density at radius 3 is 2.72 bits per heavy atom. The number of aromatic nitrogens is 4. The number of aromatic amines is 1. The van der Waals surface area contributed by atoms with E-state index < -0.39 is 4.92 Å². The Hall–Kier alpha value is -3.29. The number of anilines is 1. The van der Waals surface area contributed by atoms with Crippen molar-refractivity contribution in [2.75, 3.05) is 11.9 Å². The van der Waals surface area contributed by atoms with Crippen LogP contribution in [-0.2, 0) is 6.42 Å². The van der Waals surface area contributed by atoms with E-state index in [1.807, 2.05) is 18.2 Å². The number of imidazole rings is 1. The van der Waals surface area contributed by atoms with Crippen molar-refractivity contribution in [3.63, 3.8) is 0 Å². The molecule has 0 bridgehead atoms. The molecular weight excluding hydrogens is 320 g/mol. The highest BCUT2D eigenvalue weighted by molar-refractivity contribution is 5.66. The average molecular weight is 338 g/mol. The zero-order chi connectivity index (χ0) is 17.6. The number of rotatable bonds is 7. The van der Waals surface area contributed by atoms with Crippen molar-refractivity contribution >= 4 is 11.6 Å². The Kier molecular flexibility index (Phi) is 4.98. The van der Waals surface area contributed by atoms with E-state index in [9.17, 15) is 10.1 Å². The van der Waals surface area contributed by atoms with Gasteiger partial charge in [0.05, 0.1) is 4.92 Å². The van der Waals surface area contributed by atoms with Gasteiger partial charge in [0, 0.05) is 18.9 Å². The first-order valence-corrected chi connectivity index (χ1v) is 7.95. The first-order chi connectivity index (χ1) is 12.1. The predicted octanol–water partition coefficient (Wildman–Crippen LogP) is 3.13. The molecule has 0 spiro atoms. The Morgan fingerprint density at radius 1 is 1.24 bits per heavy atom. The summed E-state index contributed by atoms with van der Waals surface area (Å²) in [6, 6.07) is 10.2. The van der Waals surface area contributed by atoms with E-state index in [0.29, 0.717) is 24.0 Å². The molecule has 0 unspecified atom stereocenters. The second-order valence-corrected chi connectivity index (χ2v) is 5.54. The highest BCUT2D eigenvalue weighted by Gasteiger charge is 2.24. The minimum absolute atomic E-state index is 0.134. The van der Waals surface area contributed by atoms with E-state index in [4.69, 9.17) is 0 Å². The molecule has 8 nitrogen and oxygen atoms in total. The van der Waals surface area contributed by atoms with E-state index in [2.05, 4.69) is 37.4 Å². The molecule has 2 aromatic heterocycles. The molecule has 2 heterocycles. The van der Waals surface area contributed by atoms with Crippen molar-refractivity contribution in [3.8, 4) is 11.5 Å². The monoisotopic (exact) mass is 338 g/mol. The summed E-state index contributed by atoms with van der Waals surface area (Å²) in [5, 5.41) is 14.5. The minimum atomic E-state index is -0.480. The molecule has 0 fully saturated rings. The maximum Gasteiger partial charge on any atom is 0.319 e. The molecule has 3 rings (SSSR count). The number of H-pyrrole nitrogens is 1. The van der Waals surface area contributed by atoms with Gasteiger partial charge in [-0.1, -0.05) is 30.3 Å². The van der Waals surface area contributed by atoms with Crippen LogP contribution in [0, 0.1) is 17.0 Å². The van der Waals surface area contributed by atoms with E-state index >= 15 is 0 Å². The van der Waals surface area contributed by atoms with Crippen LogP contribution in [-0.4, -0.2) is 31.4 Å². The van der Waals surface area contributed by atoms with E-state index in [1.165, 1.54) is 11.8 Å². The molecule has 128 valence electrons. The molecule has 2 N–H and O–H groups in total. The van der Waals surface area contributed by atoms with Gasteiger partial charge in [0.25, 0.3) is 0 Å². The first-order valence-electron chi connectivity index (χ1n) is 7.95. The Balaban J connectivity index is 1.73. The van der Waals surface area contributed by atoms with Gasteiger partial charge in [-0.15, -0.1) is 0 Å². The molecule has 0 aliphatic carbocycles. The fourth-order valence-electron chi connectivity index (χ4n) is 2.56. The fraction of sp³-hybridized carbons (Fsp3) is 0.235. The quantitative estimate of drug-likeness (QED) is 0.389. The minimum Gasteiger partial charge on any atom is -0.354 e. The van der Waals surface area contributed by atoms with Crippen molar-refractivity contribution in [1.29, 1.82) is 0 Å². The molecule has 0 saturated carbocycles. The third-order valence-electron chi connectivity index (χ3n) is 3.73. The van der Waals surface area contributed by atoms with Gasteiger partial charge in [0.15, 0.2) is 11.5 Å². The Morgan fingerprint density at radius 2 is 2.04 bits per heavy atom. The molecule has 8 heteroatoms. The standard InChI is InChI=1S/C17H18N6O2/c1-12-15(23(24)25)14(16-18-10-11-19-16)22-17(21-12)20-9-5-8-13-6-3-2-4-7-13/h2-4,6-7,10-11H,5,8-9H2,1H3,(H,18,19)(H,20,21,22). The van der Waals surface area contributed by atoms with E-state index in [-0.39, 0.29) is 11.4 Å². The highest BCUT2D eigenvalue weighted by Crippen LogP contribution is 2.28. The van der Waals surface area contributed by atoms with Crippen molar-refractivity contribution in [2.24, 2.45) is 0 Å². The summed E-state index contributed by atoms with van der Waals surface area (Å²) in [5.41, 5.74) is 1.62. The molecule has 0 saturated heterocycles. The van der Waals surface area contributed by atoms with Crippen molar-refractivity contribution < 1.29 is 4.92 Å². The number of nitrogens with one attached hydrogen (secondary N) is 2. The topological polar surface area (TPSA) is 110 Å². The first kappa shape index (κ1) is 16.6. The lowest BCUT2D eigenvalue weighted by Gasteiger charge is -2.08. The van der Waals surface area contributed by atoms with Gasteiger partial charge < -0.3 is 10.3 Å². The lowest BCUT2D eigenvalue weighted by molar-refractivity contribution is -0.385. The lowest BCUT2D eigenvalue weighted by atomic mass is 10.1. The zero-order valence-electron chi connectivity index (χ0n) is 13.8. The van der Waals surface area contributed by atoms with Crippen molar-refractivity contribution in [3.05, 3.63) is 64.1 Å². The van der Waals surface area contributed by atoms with E-state index in [0.717, 1.165) is 12.8 Å². The summed E-state index contributed by atoms with van der Waals surface area (Å²) in [5.74, 6) is 0.715. The van der Waals surface area contributed by atoms with Crippen LogP contribution >= 0.6 is 0 Å². The molecule has 3 aromatic rings. The molecule has 0 aliphatic heterocycles. The van der Waals surface area contributed by atoms with Crippen LogP contribution in [0.15, 0.2) is 42.7 Å². The number of hydrogen-bond acceptors (Lipinski definition) is 6. The summed E-state index contributed by atoms with van der Waals surface area (Å²) in [6.07, 6.45) is 4.97. The molecule has 0 amide bonds. The molecule has 0 radical (unpaired) electrons. The molecule has 0 aliphatic rings. The fourth-order valence-corrected chi connectivity index (χ4v) is 2.56. The largest absolute Gasteiger partial charge is 0.354 e. The van der Waals surface area contributed by atoms with Crippen LogP contribution in [0.25, 0.3) is 11.5 Å². The normalized spacial score (nSPS) is 10.6. The van der Waals surface area contributed by atoms with Crippen LogP contribution in [0.1, 0.15) is 17.7 Å². The number of hydrogen-bond donors (Lipinski definition) is 2. The van der Waals surface area contributed by atoms with E-state index in [1.54, 1.807) is 13.1 Å². The molecule has 1 aromatic carbocycles. The number of nitro groups is 1. The van der Waals surface area contributed by atoms with Crippen LogP contribution < -0.4 is 5.32 Å². The maximum atomic E-state index is 11.3. The summed E-state index contributed by atoms with van der Waals surface area (Å²) in [4.78, 5) is 26.3. The second-order valence-electron chi connectivity index (χ2n) is 5.54. The van der Waals surface area contributed by atoms with Gasteiger partial charge in [-0.25, -0.2) is 15.0 Å². The summed E-state index contributed by atoms with van der Waals surface area (Å²) in [7, 11) is 0. The third-order valence-corrected chi connectivity index (χ3v) is 3.73. The van der Waals surface area contributed by atoms with Crippen LogP contribution in [0.3, 0.4) is 0 Å². The van der Waals surface area contributed by atoms with Crippen molar-refractivity contribution in [2.45, 2.75) is 19.8 Å². The predicted molar refractivity (Wildman–Crippen MR) is 94.3 cm³/mol. The molecule has 25 heavy (non-hydrogen) atoms. The number of benzene rings is 1. The molecule has 0 atom stereocenters. The summed E-state index contributed by atoms with van der Waals surface area (Å²) < 4.78 is 0. The van der Waals surface area contributed by atoms with Crippen LogP contribution in [0.4, 0.5) is 11.6 Å². The number of aryl methyl sites for hydroxylation is 2. The lowest BCUT2D eigenvalue weighted by Crippen LogP contribution is -2.10. The average Bonchev–Trinajstić information content (AvgIpc) is 3.13. The Labute approximate surface area is 144 Å². The summed E-state index contributed by atoms with van der Waals surface area (Å²) in [6.45, 7) is 2.27.